The van der Waals surface area contributed by atoms with Crippen molar-refractivity contribution in [1.29, 1.82) is 0 Å². The molecular formula is C15H22ClF2N3O2. The Morgan fingerprint density at radius 1 is 1.26 bits per heavy atom. The molecule has 0 aliphatic rings. The molecule has 1 aromatic rings. The van der Waals surface area contributed by atoms with Gasteiger partial charge < -0.3 is 15.5 Å². The fourth-order valence-corrected chi connectivity index (χ4v) is 2.05. The fourth-order valence-electron chi connectivity index (χ4n) is 2.05. The monoisotopic (exact) mass is 349 g/mol. The molecule has 0 radical (unpaired) electrons. The molecule has 0 saturated heterocycles. The summed E-state index contributed by atoms with van der Waals surface area (Å²) in [6.07, 6.45) is -0.211. The van der Waals surface area contributed by atoms with Crippen LogP contribution in [0.15, 0.2) is 18.2 Å². The van der Waals surface area contributed by atoms with Crippen LogP contribution < -0.4 is 10.6 Å². The highest BCUT2D eigenvalue weighted by Crippen LogP contribution is 2.24. The van der Waals surface area contributed by atoms with E-state index in [0.717, 1.165) is 12.1 Å². The molecule has 1 atom stereocenters. The summed E-state index contributed by atoms with van der Waals surface area (Å²) in [5.41, 5.74) is -0.298. The van der Waals surface area contributed by atoms with Crippen molar-refractivity contribution in [2.24, 2.45) is 0 Å². The van der Waals surface area contributed by atoms with Crippen molar-refractivity contribution in [1.82, 2.24) is 15.5 Å². The number of hydrogen-bond donors (Lipinski definition) is 2. The van der Waals surface area contributed by atoms with Gasteiger partial charge in [0.2, 0.25) is 11.8 Å². The number of amides is 2. The topological polar surface area (TPSA) is 61.4 Å². The zero-order valence-corrected chi connectivity index (χ0v) is 14.2. The van der Waals surface area contributed by atoms with E-state index in [1.54, 1.807) is 14.1 Å². The van der Waals surface area contributed by atoms with E-state index in [2.05, 4.69) is 10.6 Å². The lowest BCUT2D eigenvalue weighted by Gasteiger charge is -2.23. The summed E-state index contributed by atoms with van der Waals surface area (Å²) >= 11 is 0. The lowest BCUT2D eigenvalue weighted by molar-refractivity contribution is -0.130. The largest absolute Gasteiger partial charge is 0.349 e. The molecule has 130 valence electrons. The Bertz CT molecular complexity index is 523. The summed E-state index contributed by atoms with van der Waals surface area (Å²) in [6, 6.07) is 2.40. The van der Waals surface area contributed by atoms with Gasteiger partial charge >= 0.3 is 0 Å². The van der Waals surface area contributed by atoms with Crippen LogP contribution in [0.2, 0.25) is 0 Å². The van der Waals surface area contributed by atoms with Crippen LogP contribution in [0.25, 0.3) is 0 Å². The molecule has 0 aromatic heterocycles. The van der Waals surface area contributed by atoms with Crippen molar-refractivity contribution in [2.45, 2.75) is 19.4 Å². The van der Waals surface area contributed by atoms with Crippen LogP contribution in [0, 0.1) is 11.6 Å². The van der Waals surface area contributed by atoms with Crippen LogP contribution in [0.3, 0.4) is 0 Å². The average molecular weight is 350 g/mol. The number of nitrogens with zero attached hydrogens (tertiary/aromatic N) is 1. The summed E-state index contributed by atoms with van der Waals surface area (Å²) in [6.45, 7) is 2.30. The Morgan fingerprint density at radius 3 is 2.30 bits per heavy atom. The van der Waals surface area contributed by atoms with Crippen LogP contribution >= 0.6 is 12.4 Å². The molecular weight excluding hydrogens is 328 g/mol. The second kappa shape index (κ2) is 10.1. The number of carbonyl (C=O) groups excluding carboxylic acids is 2. The van der Waals surface area contributed by atoms with Gasteiger partial charge in [-0.25, -0.2) is 8.78 Å². The van der Waals surface area contributed by atoms with E-state index in [4.69, 9.17) is 0 Å². The second-order valence-corrected chi connectivity index (χ2v) is 5.01. The summed E-state index contributed by atoms with van der Waals surface area (Å²) in [5.74, 6) is -2.34. The minimum Gasteiger partial charge on any atom is -0.349 e. The van der Waals surface area contributed by atoms with Crippen LogP contribution in [-0.2, 0) is 9.59 Å². The minimum absolute atomic E-state index is 0. The molecule has 8 heteroatoms. The van der Waals surface area contributed by atoms with Gasteiger partial charge in [0, 0.05) is 32.6 Å². The molecule has 0 heterocycles. The molecule has 0 bridgehead atoms. The van der Waals surface area contributed by atoms with E-state index in [-0.39, 0.29) is 30.3 Å². The van der Waals surface area contributed by atoms with E-state index in [9.17, 15) is 18.4 Å². The normalized spacial score (nSPS) is 11.3. The SMILES string of the molecule is CNCCN(C)C(=O)CC(NC(C)=O)c1c(F)cccc1F.Cl. The maximum atomic E-state index is 13.9. The standard InChI is InChI=1S/C15H21F2N3O2.ClH/c1-10(21)19-13(9-14(22)20(3)8-7-18-2)15-11(16)5-4-6-12(15)17;/h4-6,13,18H,7-9H2,1-3H3,(H,19,21);1H. The molecule has 0 saturated carbocycles. The number of hydrogen-bond acceptors (Lipinski definition) is 3. The van der Waals surface area contributed by atoms with Crippen molar-refractivity contribution in [3.8, 4) is 0 Å². The molecule has 5 nitrogen and oxygen atoms in total. The van der Waals surface area contributed by atoms with Gasteiger partial charge in [0.05, 0.1) is 12.5 Å². The zero-order chi connectivity index (χ0) is 16.7. The molecule has 23 heavy (non-hydrogen) atoms. The van der Waals surface area contributed by atoms with Gasteiger partial charge in [0.15, 0.2) is 0 Å². The van der Waals surface area contributed by atoms with Crippen LogP contribution in [0.5, 0.6) is 0 Å². The maximum absolute atomic E-state index is 13.9. The maximum Gasteiger partial charge on any atom is 0.224 e. The Hall–Kier alpha value is -1.73. The predicted octanol–water partition coefficient (Wildman–Crippen LogP) is 1.63. The quantitative estimate of drug-likeness (QED) is 0.786. The number of likely N-dealkylation sites (N-methyl/N-ethyl adjacent to an activating group) is 2. The summed E-state index contributed by atoms with van der Waals surface area (Å²) in [5, 5.41) is 5.34. The van der Waals surface area contributed by atoms with E-state index < -0.39 is 23.6 Å². The third kappa shape index (κ3) is 6.50. The van der Waals surface area contributed by atoms with Crippen LogP contribution in [-0.4, -0.2) is 43.9 Å². The van der Waals surface area contributed by atoms with E-state index in [0.29, 0.717) is 13.1 Å². The smallest absolute Gasteiger partial charge is 0.224 e. The Kier molecular flexibility index (Phi) is 9.36. The molecule has 0 aliphatic heterocycles. The van der Waals surface area contributed by atoms with E-state index in [1.807, 2.05) is 0 Å². The predicted molar refractivity (Wildman–Crippen MR) is 86.3 cm³/mol. The number of halogens is 3. The van der Waals surface area contributed by atoms with Crippen LogP contribution in [0.4, 0.5) is 8.78 Å². The lowest BCUT2D eigenvalue weighted by atomic mass is 10.0. The van der Waals surface area contributed by atoms with E-state index >= 15 is 0 Å². The summed E-state index contributed by atoms with van der Waals surface area (Å²) in [7, 11) is 3.36. The first-order valence-electron chi connectivity index (χ1n) is 6.96. The highest BCUT2D eigenvalue weighted by molar-refractivity contribution is 5.85. The first-order chi connectivity index (χ1) is 10.4. The van der Waals surface area contributed by atoms with Crippen LogP contribution in [0.1, 0.15) is 24.9 Å². The summed E-state index contributed by atoms with van der Waals surface area (Å²) < 4.78 is 27.8. The summed E-state index contributed by atoms with van der Waals surface area (Å²) in [4.78, 5) is 24.9. The van der Waals surface area contributed by atoms with Crippen molar-refractivity contribution in [3.63, 3.8) is 0 Å². The third-order valence-electron chi connectivity index (χ3n) is 3.23. The van der Waals surface area contributed by atoms with Gasteiger partial charge in [-0.1, -0.05) is 6.07 Å². The van der Waals surface area contributed by atoms with Gasteiger partial charge in [-0.05, 0) is 19.2 Å². The Morgan fingerprint density at radius 2 is 1.83 bits per heavy atom. The number of rotatable bonds is 7. The van der Waals surface area contributed by atoms with Crippen molar-refractivity contribution in [2.75, 3.05) is 27.2 Å². The van der Waals surface area contributed by atoms with Crippen molar-refractivity contribution < 1.29 is 18.4 Å². The van der Waals surface area contributed by atoms with Gasteiger partial charge in [-0.2, -0.15) is 0 Å². The number of benzene rings is 1. The number of nitrogens with one attached hydrogen (secondary N) is 2. The molecule has 2 N–H and O–H groups in total. The van der Waals surface area contributed by atoms with Gasteiger partial charge in [0.1, 0.15) is 11.6 Å². The highest BCUT2D eigenvalue weighted by Gasteiger charge is 2.25. The second-order valence-electron chi connectivity index (χ2n) is 5.01. The molecule has 0 fully saturated rings. The highest BCUT2D eigenvalue weighted by atomic mass is 35.5. The zero-order valence-electron chi connectivity index (χ0n) is 13.4. The lowest BCUT2D eigenvalue weighted by Crippen LogP contribution is -2.37. The molecule has 2 amide bonds. The van der Waals surface area contributed by atoms with Gasteiger partial charge in [-0.15, -0.1) is 12.4 Å². The molecule has 1 unspecified atom stereocenters. The third-order valence-corrected chi connectivity index (χ3v) is 3.23. The molecule has 1 aromatic carbocycles. The van der Waals surface area contributed by atoms with E-state index in [1.165, 1.54) is 17.9 Å². The fraction of sp³-hybridized carbons (Fsp3) is 0.467. The molecule has 1 rings (SSSR count). The molecule has 0 aliphatic carbocycles. The van der Waals surface area contributed by atoms with Gasteiger partial charge in [-0.3, -0.25) is 9.59 Å². The number of carbonyl (C=O) groups is 2. The Balaban J connectivity index is 0.00000484. The van der Waals surface area contributed by atoms with Crippen molar-refractivity contribution in [3.05, 3.63) is 35.4 Å². The first-order valence-corrected chi connectivity index (χ1v) is 6.96. The minimum atomic E-state index is -1.04. The van der Waals surface area contributed by atoms with Gasteiger partial charge in [0.25, 0.3) is 0 Å². The average Bonchev–Trinajstić information content (AvgIpc) is 2.43. The Labute approximate surface area is 140 Å². The van der Waals surface area contributed by atoms with Crippen molar-refractivity contribution >= 4 is 24.2 Å². The first kappa shape index (κ1) is 21.3. The molecule has 0 spiro atoms.